The molecule has 9 heteroatoms. The molecule has 3 aromatic rings. The Labute approximate surface area is 158 Å². The summed E-state index contributed by atoms with van der Waals surface area (Å²) < 4.78 is 46.3. The molecule has 0 bridgehead atoms. The van der Waals surface area contributed by atoms with Crippen LogP contribution in [-0.2, 0) is 6.18 Å². The molecule has 5 nitrogen and oxygen atoms in total. The lowest BCUT2D eigenvalue weighted by molar-refractivity contribution is -0.137. The molecule has 0 amide bonds. The van der Waals surface area contributed by atoms with E-state index < -0.39 is 11.7 Å². The van der Waals surface area contributed by atoms with Gasteiger partial charge in [0.1, 0.15) is 5.75 Å². The number of H-pyrrole nitrogens is 1. The Balaban J connectivity index is 2.01. The Hall–Kier alpha value is -2.94. The predicted octanol–water partition coefficient (Wildman–Crippen LogP) is 4.91. The van der Waals surface area contributed by atoms with Crippen LogP contribution in [0.25, 0.3) is 11.4 Å². The fourth-order valence-corrected chi connectivity index (χ4v) is 2.64. The van der Waals surface area contributed by atoms with Crippen molar-refractivity contribution in [1.82, 2.24) is 14.9 Å². The molecule has 0 saturated heterocycles. The Morgan fingerprint density at radius 2 is 2.00 bits per heavy atom. The van der Waals surface area contributed by atoms with Gasteiger partial charge < -0.3 is 4.74 Å². The van der Waals surface area contributed by atoms with Crippen LogP contribution in [0.2, 0.25) is 0 Å². The number of hydrogen-bond donors (Lipinski definition) is 1. The van der Waals surface area contributed by atoms with Gasteiger partial charge in [0.2, 0.25) is 4.77 Å². The molecule has 0 unspecified atom stereocenters. The molecule has 0 aliphatic heterocycles. The summed E-state index contributed by atoms with van der Waals surface area (Å²) in [6.45, 7) is 2.37. The van der Waals surface area contributed by atoms with E-state index in [2.05, 4.69) is 15.3 Å². The highest BCUT2D eigenvalue weighted by molar-refractivity contribution is 7.71. The molecule has 0 spiro atoms. The molecule has 1 N–H and O–H groups in total. The lowest BCUT2D eigenvalue weighted by Crippen LogP contribution is -2.09. The van der Waals surface area contributed by atoms with Gasteiger partial charge in [0.05, 0.1) is 18.4 Å². The van der Waals surface area contributed by atoms with Gasteiger partial charge in [-0.05, 0) is 37.3 Å². The molecule has 2 aromatic carbocycles. The average molecular weight is 392 g/mol. The number of aromatic nitrogens is 3. The minimum atomic E-state index is -4.48. The number of rotatable bonds is 5. The molecule has 0 aliphatic rings. The Kier molecular flexibility index (Phi) is 5.41. The lowest BCUT2D eigenvalue weighted by Gasteiger charge is -2.09. The van der Waals surface area contributed by atoms with E-state index in [4.69, 9.17) is 17.0 Å². The third kappa shape index (κ3) is 4.25. The van der Waals surface area contributed by atoms with Gasteiger partial charge in [-0.15, -0.1) is 0 Å². The maximum Gasteiger partial charge on any atom is 0.417 e. The van der Waals surface area contributed by atoms with Crippen molar-refractivity contribution in [1.29, 1.82) is 0 Å². The summed E-state index contributed by atoms with van der Waals surface area (Å²) in [6, 6.07) is 12.3. The van der Waals surface area contributed by atoms with Crippen LogP contribution >= 0.6 is 12.2 Å². The largest absolute Gasteiger partial charge is 0.494 e. The smallest absolute Gasteiger partial charge is 0.417 e. The Morgan fingerprint density at radius 1 is 1.22 bits per heavy atom. The first-order valence-electron chi connectivity index (χ1n) is 8.01. The molecule has 0 fully saturated rings. The van der Waals surface area contributed by atoms with E-state index in [1.165, 1.54) is 22.9 Å². The molecule has 140 valence electrons. The van der Waals surface area contributed by atoms with E-state index in [1.54, 1.807) is 24.3 Å². The van der Waals surface area contributed by atoms with Gasteiger partial charge in [0.25, 0.3) is 0 Å². The number of alkyl halides is 3. The first kappa shape index (κ1) is 18.8. The van der Waals surface area contributed by atoms with Gasteiger partial charge >= 0.3 is 6.18 Å². The molecule has 1 heterocycles. The number of halogens is 3. The fourth-order valence-electron chi connectivity index (χ4n) is 2.46. The van der Waals surface area contributed by atoms with Crippen LogP contribution in [0.4, 0.5) is 13.2 Å². The third-order valence-corrected chi connectivity index (χ3v) is 3.90. The molecule has 0 atom stereocenters. The first-order chi connectivity index (χ1) is 12.9. The average Bonchev–Trinajstić information content (AvgIpc) is 3.00. The lowest BCUT2D eigenvalue weighted by atomic mass is 10.1. The number of aromatic amines is 1. The highest BCUT2D eigenvalue weighted by atomic mass is 32.1. The maximum atomic E-state index is 13.1. The van der Waals surface area contributed by atoms with Crippen LogP contribution in [0.15, 0.2) is 53.6 Å². The second-order valence-electron chi connectivity index (χ2n) is 5.45. The van der Waals surface area contributed by atoms with Crippen molar-refractivity contribution in [2.75, 3.05) is 6.61 Å². The van der Waals surface area contributed by atoms with E-state index in [9.17, 15) is 13.2 Å². The molecular weight excluding hydrogens is 377 g/mol. The molecular formula is C18H15F3N4OS. The monoisotopic (exact) mass is 392 g/mol. The van der Waals surface area contributed by atoms with Gasteiger partial charge in [0.15, 0.2) is 5.82 Å². The van der Waals surface area contributed by atoms with E-state index in [-0.39, 0.29) is 10.3 Å². The van der Waals surface area contributed by atoms with Crippen LogP contribution in [0, 0.1) is 4.77 Å². The number of nitrogens with one attached hydrogen (secondary N) is 1. The van der Waals surface area contributed by atoms with E-state index >= 15 is 0 Å². The number of nitrogens with zero attached hydrogens (tertiary/aromatic N) is 3. The van der Waals surface area contributed by atoms with Crippen LogP contribution in [0.3, 0.4) is 0 Å². The standard InChI is InChI=1S/C18H15F3N4OS/c1-2-26-14-8-5-7-12(10-14)16-23-24-17(27)25(16)22-11-13-6-3-4-9-15(13)18(19,20)21/h3-11H,2H2,1H3,(H,24,27)/b22-11-. The summed E-state index contributed by atoms with van der Waals surface area (Å²) in [4.78, 5) is 0. The second kappa shape index (κ2) is 7.75. The van der Waals surface area contributed by atoms with Crippen LogP contribution in [0.5, 0.6) is 5.75 Å². The summed E-state index contributed by atoms with van der Waals surface area (Å²) in [7, 11) is 0. The summed E-state index contributed by atoms with van der Waals surface area (Å²) >= 11 is 5.16. The van der Waals surface area contributed by atoms with Gasteiger partial charge in [0, 0.05) is 11.1 Å². The summed E-state index contributed by atoms with van der Waals surface area (Å²) in [5.41, 5.74) is -0.180. The first-order valence-corrected chi connectivity index (χ1v) is 8.42. The quantitative estimate of drug-likeness (QED) is 0.496. The minimum Gasteiger partial charge on any atom is -0.494 e. The molecule has 0 aliphatic carbocycles. The van der Waals surface area contributed by atoms with E-state index in [1.807, 2.05) is 6.92 Å². The Morgan fingerprint density at radius 3 is 2.74 bits per heavy atom. The molecule has 1 aromatic heterocycles. The topological polar surface area (TPSA) is 55.2 Å². The molecule has 0 saturated carbocycles. The highest BCUT2D eigenvalue weighted by Crippen LogP contribution is 2.31. The third-order valence-electron chi connectivity index (χ3n) is 3.63. The van der Waals surface area contributed by atoms with Gasteiger partial charge in [-0.1, -0.05) is 30.3 Å². The number of benzene rings is 2. The van der Waals surface area contributed by atoms with Crippen molar-refractivity contribution >= 4 is 18.4 Å². The van der Waals surface area contributed by atoms with Crippen molar-refractivity contribution < 1.29 is 17.9 Å². The second-order valence-corrected chi connectivity index (χ2v) is 5.84. The molecule has 0 radical (unpaired) electrons. The summed E-state index contributed by atoms with van der Waals surface area (Å²) in [5, 5.41) is 10.8. The van der Waals surface area contributed by atoms with Gasteiger partial charge in [-0.3, -0.25) is 0 Å². The summed E-state index contributed by atoms with van der Waals surface area (Å²) in [5.74, 6) is 1.00. The minimum absolute atomic E-state index is 0.0675. The number of ether oxygens (including phenoxy) is 1. The highest BCUT2D eigenvalue weighted by Gasteiger charge is 2.32. The van der Waals surface area contributed by atoms with Crippen LogP contribution in [0.1, 0.15) is 18.1 Å². The zero-order chi connectivity index (χ0) is 19.4. The van der Waals surface area contributed by atoms with E-state index in [0.29, 0.717) is 23.7 Å². The fraction of sp³-hybridized carbons (Fsp3) is 0.167. The zero-order valence-electron chi connectivity index (χ0n) is 14.2. The molecule has 3 rings (SSSR count). The normalized spacial score (nSPS) is 11.9. The van der Waals surface area contributed by atoms with Crippen molar-refractivity contribution in [3.05, 3.63) is 64.4 Å². The van der Waals surface area contributed by atoms with Crippen molar-refractivity contribution in [3.63, 3.8) is 0 Å². The van der Waals surface area contributed by atoms with Crippen LogP contribution in [-0.4, -0.2) is 27.7 Å². The SMILES string of the molecule is CCOc1cccc(-c2n[nH]c(=S)n2/N=C\c2ccccc2C(F)(F)F)c1. The molecule has 27 heavy (non-hydrogen) atoms. The van der Waals surface area contributed by atoms with E-state index in [0.717, 1.165) is 12.3 Å². The van der Waals surface area contributed by atoms with Gasteiger partial charge in [-0.25, -0.2) is 5.10 Å². The summed E-state index contributed by atoms with van der Waals surface area (Å²) in [6.07, 6.45) is -3.36. The van der Waals surface area contributed by atoms with Crippen LogP contribution < -0.4 is 4.74 Å². The maximum absolute atomic E-state index is 13.1. The zero-order valence-corrected chi connectivity index (χ0v) is 15.0. The van der Waals surface area contributed by atoms with Crippen molar-refractivity contribution in [2.45, 2.75) is 13.1 Å². The Bertz CT molecular complexity index is 1020. The number of hydrogen-bond acceptors (Lipinski definition) is 4. The predicted molar refractivity (Wildman–Crippen MR) is 98.5 cm³/mol. The van der Waals surface area contributed by atoms with Crippen molar-refractivity contribution in [3.8, 4) is 17.1 Å². The van der Waals surface area contributed by atoms with Crippen molar-refractivity contribution in [2.24, 2.45) is 5.10 Å². The van der Waals surface area contributed by atoms with Gasteiger partial charge in [-0.2, -0.15) is 28.0 Å².